The summed E-state index contributed by atoms with van der Waals surface area (Å²) in [5.74, 6) is 0. The minimum absolute atomic E-state index is 0.0199. The topological polar surface area (TPSA) is 75.6 Å². The number of aryl methyl sites for hydroxylation is 1. The molecule has 0 aliphatic carbocycles. The number of hydrogen-bond acceptors (Lipinski definition) is 4. The maximum Gasteiger partial charge on any atom is 0.240 e. The van der Waals surface area contributed by atoms with Crippen LogP contribution in [0.4, 0.5) is 0 Å². The van der Waals surface area contributed by atoms with Gasteiger partial charge in [-0.1, -0.05) is 17.7 Å². The lowest BCUT2D eigenvalue weighted by atomic mass is 10.1. The number of hydrogen-bond donors (Lipinski definition) is 2. The summed E-state index contributed by atoms with van der Waals surface area (Å²) in [7, 11) is -3.53. The molecular formula is C14H21NO4S. The molecule has 0 aromatic heterocycles. The molecule has 1 fully saturated rings. The fourth-order valence-corrected chi connectivity index (χ4v) is 3.61. The Bertz CT molecular complexity index is 541. The van der Waals surface area contributed by atoms with Crippen LogP contribution < -0.4 is 4.72 Å². The van der Waals surface area contributed by atoms with Gasteiger partial charge in [-0.05, 0) is 38.8 Å². The van der Waals surface area contributed by atoms with E-state index in [1.807, 2.05) is 6.92 Å². The molecule has 5 nitrogen and oxygen atoms in total. The standard InChI is InChI=1S/C14H21NO4S/c1-10-3-6-13(7-4-10)20(17,18)15-11(2)14-8-5-12(9-16)19-14/h3-4,6-7,11-12,14-16H,5,8-9H2,1-2H3/t11-,12+,14-/m0/s1. The van der Waals surface area contributed by atoms with Gasteiger partial charge >= 0.3 is 0 Å². The van der Waals surface area contributed by atoms with Crippen LogP contribution in [0.3, 0.4) is 0 Å². The predicted octanol–water partition coefficient (Wildman–Crippen LogP) is 1.20. The number of benzene rings is 1. The average molecular weight is 299 g/mol. The van der Waals surface area contributed by atoms with Gasteiger partial charge in [0.15, 0.2) is 0 Å². The Labute approximate surface area is 120 Å². The second kappa shape index (κ2) is 6.22. The zero-order valence-corrected chi connectivity index (χ0v) is 12.6. The molecule has 0 saturated carbocycles. The monoisotopic (exact) mass is 299 g/mol. The summed E-state index contributed by atoms with van der Waals surface area (Å²) in [5.41, 5.74) is 1.02. The van der Waals surface area contributed by atoms with Crippen molar-refractivity contribution in [1.29, 1.82) is 0 Å². The van der Waals surface area contributed by atoms with Crippen molar-refractivity contribution in [2.24, 2.45) is 0 Å². The van der Waals surface area contributed by atoms with Crippen molar-refractivity contribution in [2.45, 2.75) is 49.8 Å². The van der Waals surface area contributed by atoms with Gasteiger partial charge in [0.25, 0.3) is 0 Å². The summed E-state index contributed by atoms with van der Waals surface area (Å²) in [6, 6.07) is 6.41. The molecule has 1 aromatic rings. The van der Waals surface area contributed by atoms with Gasteiger partial charge in [-0.15, -0.1) is 0 Å². The van der Waals surface area contributed by atoms with E-state index in [0.29, 0.717) is 0 Å². The first kappa shape index (κ1) is 15.4. The van der Waals surface area contributed by atoms with Crippen LogP contribution in [-0.4, -0.2) is 38.4 Å². The zero-order chi connectivity index (χ0) is 14.8. The number of rotatable bonds is 5. The Kier molecular flexibility index (Phi) is 4.80. The smallest absolute Gasteiger partial charge is 0.240 e. The van der Waals surface area contributed by atoms with E-state index in [1.165, 1.54) is 0 Å². The second-order valence-corrected chi connectivity index (χ2v) is 6.99. The van der Waals surface area contributed by atoms with Crippen LogP contribution in [0.1, 0.15) is 25.3 Å². The number of aliphatic hydroxyl groups is 1. The van der Waals surface area contributed by atoms with E-state index in [9.17, 15) is 8.42 Å². The molecule has 0 amide bonds. The van der Waals surface area contributed by atoms with Gasteiger partial charge in [0, 0.05) is 6.04 Å². The van der Waals surface area contributed by atoms with Crippen LogP contribution in [-0.2, 0) is 14.8 Å². The Morgan fingerprint density at radius 3 is 2.55 bits per heavy atom. The predicted molar refractivity (Wildman–Crippen MR) is 75.9 cm³/mol. The molecule has 20 heavy (non-hydrogen) atoms. The summed E-state index contributed by atoms with van der Waals surface area (Å²) < 4.78 is 32.7. The quantitative estimate of drug-likeness (QED) is 0.856. The first-order valence-electron chi connectivity index (χ1n) is 6.77. The van der Waals surface area contributed by atoms with E-state index in [0.717, 1.165) is 18.4 Å². The van der Waals surface area contributed by atoms with Gasteiger partial charge in [-0.3, -0.25) is 0 Å². The van der Waals surface area contributed by atoms with Gasteiger partial charge in [0.2, 0.25) is 10.0 Å². The average Bonchev–Trinajstić information content (AvgIpc) is 2.87. The van der Waals surface area contributed by atoms with Gasteiger partial charge in [-0.2, -0.15) is 0 Å². The van der Waals surface area contributed by atoms with Crippen molar-refractivity contribution in [3.63, 3.8) is 0 Å². The molecule has 2 rings (SSSR count). The molecule has 0 radical (unpaired) electrons. The van der Waals surface area contributed by atoms with E-state index in [4.69, 9.17) is 9.84 Å². The molecule has 0 spiro atoms. The van der Waals surface area contributed by atoms with E-state index in [-0.39, 0.29) is 29.8 Å². The van der Waals surface area contributed by atoms with Crippen LogP contribution in [0.15, 0.2) is 29.2 Å². The highest BCUT2D eigenvalue weighted by atomic mass is 32.2. The summed E-state index contributed by atoms with van der Waals surface area (Å²) in [6.07, 6.45) is 1.15. The molecule has 1 heterocycles. The fourth-order valence-electron chi connectivity index (χ4n) is 2.34. The third-order valence-electron chi connectivity index (χ3n) is 3.57. The van der Waals surface area contributed by atoms with Crippen molar-refractivity contribution < 1.29 is 18.3 Å². The Balaban J connectivity index is 2.03. The zero-order valence-electron chi connectivity index (χ0n) is 11.7. The first-order chi connectivity index (χ1) is 9.42. The van der Waals surface area contributed by atoms with E-state index in [1.54, 1.807) is 31.2 Å². The molecule has 1 aliphatic heterocycles. The normalized spacial score (nSPS) is 24.8. The van der Waals surface area contributed by atoms with Gasteiger partial charge in [-0.25, -0.2) is 13.1 Å². The molecule has 2 N–H and O–H groups in total. The van der Waals surface area contributed by atoms with Crippen LogP contribution in [0.25, 0.3) is 0 Å². The van der Waals surface area contributed by atoms with Gasteiger partial charge in [0.1, 0.15) is 0 Å². The Morgan fingerprint density at radius 1 is 1.35 bits per heavy atom. The van der Waals surface area contributed by atoms with Crippen molar-refractivity contribution in [1.82, 2.24) is 4.72 Å². The Hall–Kier alpha value is -0.950. The maximum absolute atomic E-state index is 12.2. The SMILES string of the molecule is Cc1ccc(S(=O)(=O)N[C@@H](C)[C@@H]2CC[C@H](CO)O2)cc1. The van der Waals surface area contributed by atoms with Crippen molar-refractivity contribution in [2.75, 3.05) is 6.61 Å². The highest BCUT2D eigenvalue weighted by Gasteiger charge is 2.31. The summed E-state index contributed by atoms with van der Waals surface area (Å²) in [6.45, 7) is 3.68. The van der Waals surface area contributed by atoms with Gasteiger partial charge in [0.05, 0.1) is 23.7 Å². The summed E-state index contributed by atoms with van der Waals surface area (Å²) in [5, 5.41) is 9.04. The number of sulfonamides is 1. The fraction of sp³-hybridized carbons (Fsp3) is 0.571. The molecular weight excluding hydrogens is 278 g/mol. The summed E-state index contributed by atoms with van der Waals surface area (Å²) >= 11 is 0. The minimum Gasteiger partial charge on any atom is -0.394 e. The molecule has 112 valence electrons. The molecule has 0 bridgehead atoms. The summed E-state index contributed by atoms with van der Waals surface area (Å²) in [4.78, 5) is 0.256. The van der Waals surface area contributed by atoms with E-state index >= 15 is 0 Å². The largest absolute Gasteiger partial charge is 0.394 e. The van der Waals surface area contributed by atoms with Crippen molar-refractivity contribution in [3.8, 4) is 0 Å². The van der Waals surface area contributed by atoms with Crippen LogP contribution >= 0.6 is 0 Å². The lowest BCUT2D eigenvalue weighted by Gasteiger charge is -2.21. The molecule has 0 unspecified atom stereocenters. The van der Waals surface area contributed by atoms with Crippen molar-refractivity contribution >= 4 is 10.0 Å². The number of ether oxygens (including phenoxy) is 1. The Morgan fingerprint density at radius 2 is 2.00 bits per heavy atom. The molecule has 1 saturated heterocycles. The van der Waals surface area contributed by atoms with Crippen molar-refractivity contribution in [3.05, 3.63) is 29.8 Å². The minimum atomic E-state index is -3.53. The molecule has 6 heteroatoms. The second-order valence-electron chi connectivity index (χ2n) is 5.28. The van der Waals surface area contributed by atoms with E-state index in [2.05, 4.69) is 4.72 Å². The van der Waals surface area contributed by atoms with Crippen LogP contribution in [0.5, 0.6) is 0 Å². The highest BCUT2D eigenvalue weighted by Crippen LogP contribution is 2.23. The molecule has 1 aliphatic rings. The van der Waals surface area contributed by atoms with E-state index < -0.39 is 10.0 Å². The highest BCUT2D eigenvalue weighted by molar-refractivity contribution is 7.89. The van der Waals surface area contributed by atoms with Crippen LogP contribution in [0.2, 0.25) is 0 Å². The molecule has 1 aromatic carbocycles. The number of aliphatic hydroxyl groups excluding tert-OH is 1. The van der Waals surface area contributed by atoms with Crippen LogP contribution in [0, 0.1) is 6.92 Å². The lowest BCUT2D eigenvalue weighted by molar-refractivity contribution is 0.00143. The lowest BCUT2D eigenvalue weighted by Crippen LogP contribution is -2.41. The molecule has 3 atom stereocenters. The third kappa shape index (κ3) is 3.58. The third-order valence-corrected chi connectivity index (χ3v) is 5.15. The van der Waals surface area contributed by atoms with Gasteiger partial charge < -0.3 is 9.84 Å². The maximum atomic E-state index is 12.2. The number of nitrogens with one attached hydrogen (secondary N) is 1. The first-order valence-corrected chi connectivity index (χ1v) is 8.26.